The van der Waals surface area contributed by atoms with E-state index in [1.54, 1.807) is 13.0 Å². The molecule has 22 heavy (non-hydrogen) atoms. The van der Waals surface area contributed by atoms with Crippen LogP contribution in [0.1, 0.15) is 44.4 Å². The van der Waals surface area contributed by atoms with Gasteiger partial charge in [0.1, 0.15) is 6.04 Å². The molecule has 0 aromatic carbocycles. The van der Waals surface area contributed by atoms with E-state index in [4.69, 9.17) is 4.74 Å². The summed E-state index contributed by atoms with van der Waals surface area (Å²) in [6.45, 7) is 8.81. The second kappa shape index (κ2) is 8.13. The van der Waals surface area contributed by atoms with Crippen LogP contribution in [-0.2, 0) is 16.1 Å². The zero-order chi connectivity index (χ0) is 16.9. The second-order valence-electron chi connectivity index (χ2n) is 6.36. The Labute approximate surface area is 132 Å². The van der Waals surface area contributed by atoms with E-state index in [0.29, 0.717) is 18.9 Å². The third kappa shape index (κ3) is 4.98. The molecule has 0 saturated carbocycles. The van der Waals surface area contributed by atoms with Gasteiger partial charge in [0.15, 0.2) is 0 Å². The van der Waals surface area contributed by atoms with E-state index < -0.39 is 6.04 Å². The first kappa shape index (κ1) is 18.4. The first-order valence-electron chi connectivity index (χ1n) is 7.79. The van der Waals surface area contributed by atoms with Gasteiger partial charge in [-0.2, -0.15) is 0 Å². The topological polar surface area (TPSA) is 51.5 Å². The summed E-state index contributed by atoms with van der Waals surface area (Å²) in [5, 5.41) is 0. The maximum Gasteiger partial charge on any atom is 0.329 e. The fourth-order valence-corrected chi connectivity index (χ4v) is 2.44. The monoisotopic (exact) mass is 308 g/mol. The van der Waals surface area contributed by atoms with Crippen molar-refractivity contribution in [3.63, 3.8) is 0 Å². The molecule has 0 aliphatic heterocycles. The Bertz CT molecular complexity index is 562. The molecule has 0 amide bonds. The minimum atomic E-state index is -0.561. The quantitative estimate of drug-likeness (QED) is 0.726. The van der Waals surface area contributed by atoms with E-state index in [2.05, 4.69) is 0 Å². The Kier molecular flexibility index (Phi) is 6.81. The Hall–Kier alpha value is -1.62. The lowest BCUT2D eigenvalue weighted by Crippen LogP contribution is -2.32. The smallest absolute Gasteiger partial charge is 0.329 e. The van der Waals surface area contributed by atoms with Crippen LogP contribution in [0.2, 0.25) is 0 Å². The Balaban J connectivity index is 3.28. The number of hydrogen-bond donors (Lipinski definition) is 0. The summed E-state index contributed by atoms with van der Waals surface area (Å²) in [7, 11) is 3.96. The first-order valence-corrected chi connectivity index (χ1v) is 7.79. The maximum atomic E-state index is 12.4. The van der Waals surface area contributed by atoms with Gasteiger partial charge in [0.25, 0.3) is 5.56 Å². The van der Waals surface area contributed by atoms with Crippen molar-refractivity contribution >= 4 is 5.97 Å². The van der Waals surface area contributed by atoms with Crippen LogP contribution in [0.3, 0.4) is 0 Å². The van der Waals surface area contributed by atoms with Gasteiger partial charge >= 0.3 is 5.97 Å². The molecular weight excluding hydrogens is 280 g/mol. The molecule has 1 aromatic heterocycles. The summed E-state index contributed by atoms with van der Waals surface area (Å²) >= 11 is 0. The van der Waals surface area contributed by atoms with Crippen LogP contribution >= 0.6 is 0 Å². The molecule has 5 nitrogen and oxygen atoms in total. The number of pyridine rings is 1. The number of esters is 1. The van der Waals surface area contributed by atoms with Crippen LogP contribution in [0.15, 0.2) is 17.1 Å². The Morgan fingerprint density at radius 3 is 2.50 bits per heavy atom. The van der Waals surface area contributed by atoms with Crippen molar-refractivity contribution in [2.45, 2.75) is 46.7 Å². The van der Waals surface area contributed by atoms with Gasteiger partial charge in [-0.05, 0) is 51.4 Å². The molecule has 1 atom stereocenters. The molecule has 1 aromatic rings. The standard InChI is InChI=1S/C17H28N2O3/c1-7-22-17(21)15(8-12(2)3)19-11-14(10-18(5)6)13(4)9-16(19)20/h9,11-12,15H,7-8,10H2,1-6H3. The number of carbonyl (C=O) groups is 1. The highest BCUT2D eigenvalue weighted by Gasteiger charge is 2.24. The summed E-state index contributed by atoms with van der Waals surface area (Å²) in [5.74, 6) is -0.0436. The van der Waals surface area contributed by atoms with Crippen LogP contribution in [0.4, 0.5) is 0 Å². The number of rotatable bonds is 7. The molecule has 0 aliphatic carbocycles. The molecule has 0 spiro atoms. The molecule has 1 rings (SSSR count). The molecule has 5 heteroatoms. The van der Waals surface area contributed by atoms with E-state index in [1.165, 1.54) is 4.57 Å². The van der Waals surface area contributed by atoms with Crippen molar-refractivity contribution in [2.75, 3.05) is 20.7 Å². The third-order valence-corrected chi connectivity index (χ3v) is 3.47. The van der Waals surface area contributed by atoms with Crippen LogP contribution in [0.25, 0.3) is 0 Å². The van der Waals surface area contributed by atoms with Crippen molar-refractivity contribution in [1.82, 2.24) is 9.47 Å². The zero-order valence-electron chi connectivity index (χ0n) is 14.5. The number of aryl methyl sites for hydroxylation is 1. The lowest BCUT2D eigenvalue weighted by molar-refractivity contribution is -0.147. The second-order valence-corrected chi connectivity index (χ2v) is 6.36. The number of ether oxygens (including phenoxy) is 1. The van der Waals surface area contributed by atoms with Gasteiger partial charge in [-0.25, -0.2) is 4.79 Å². The Morgan fingerprint density at radius 2 is 2.00 bits per heavy atom. The summed E-state index contributed by atoms with van der Waals surface area (Å²) in [6, 6.07) is 1.04. The molecule has 1 heterocycles. The van der Waals surface area contributed by atoms with Gasteiger partial charge in [-0.3, -0.25) is 4.79 Å². The van der Waals surface area contributed by atoms with E-state index in [-0.39, 0.29) is 11.5 Å². The van der Waals surface area contributed by atoms with Gasteiger partial charge in [-0.15, -0.1) is 0 Å². The van der Waals surface area contributed by atoms with Crippen molar-refractivity contribution in [2.24, 2.45) is 5.92 Å². The minimum absolute atomic E-state index is 0.154. The lowest BCUT2D eigenvalue weighted by Gasteiger charge is -2.22. The van der Waals surface area contributed by atoms with Crippen molar-refractivity contribution < 1.29 is 9.53 Å². The highest BCUT2D eigenvalue weighted by molar-refractivity contribution is 5.74. The number of aromatic nitrogens is 1. The summed E-state index contributed by atoms with van der Waals surface area (Å²) in [4.78, 5) is 26.6. The number of nitrogens with zero attached hydrogens (tertiary/aromatic N) is 2. The number of hydrogen-bond acceptors (Lipinski definition) is 4. The summed E-state index contributed by atoms with van der Waals surface area (Å²) in [6.07, 6.45) is 2.39. The SMILES string of the molecule is CCOC(=O)C(CC(C)C)n1cc(CN(C)C)c(C)cc1=O. The van der Waals surface area contributed by atoms with E-state index in [1.807, 2.05) is 46.0 Å². The molecule has 0 saturated heterocycles. The summed E-state index contributed by atoms with van der Waals surface area (Å²) in [5.41, 5.74) is 1.84. The minimum Gasteiger partial charge on any atom is -0.464 e. The molecule has 1 unspecified atom stereocenters. The molecule has 0 fully saturated rings. The van der Waals surface area contributed by atoms with Crippen molar-refractivity contribution in [3.8, 4) is 0 Å². The van der Waals surface area contributed by atoms with Crippen molar-refractivity contribution in [1.29, 1.82) is 0 Å². The van der Waals surface area contributed by atoms with Gasteiger partial charge in [0.2, 0.25) is 0 Å². The van der Waals surface area contributed by atoms with E-state index in [9.17, 15) is 9.59 Å². The molecule has 0 radical (unpaired) electrons. The van der Waals surface area contributed by atoms with Gasteiger partial charge in [-0.1, -0.05) is 13.8 Å². The highest BCUT2D eigenvalue weighted by atomic mass is 16.5. The maximum absolute atomic E-state index is 12.4. The van der Waals surface area contributed by atoms with E-state index >= 15 is 0 Å². The third-order valence-electron chi connectivity index (χ3n) is 3.47. The van der Waals surface area contributed by atoms with Gasteiger partial charge < -0.3 is 14.2 Å². The fraction of sp³-hybridized carbons (Fsp3) is 0.647. The van der Waals surface area contributed by atoms with Crippen LogP contribution < -0.4 is 5.56 Å². The molecule has 0 N–H and O–H groups in total. The van der Waals surface area contributed by atoms with Gasteiger partial charge in [0, 0.05) is 18.8 Å². The van der Waals surface area contributed by atoms with E-state index in [0.717, 1.165) is 17.7 Å². The summed E-state index contributed by atoms with van der Waals surface area (Å²) < 4.78 is 6.69. The van der Waals surface area contributed by atoms with Gasteiger partial charge in [0.05, 0.1) is 6.61 Å². The fourth-order valence-electron chi connectivity index (χ4n) is 2.44. The molecular formula is C17H28N2O3. The normalized spacial score (nSPS) is 12.7. The molecule has 0 aliphatic rings. The molecule has 0 bridgehead atoms. The van der Waals surface area contributed by atoms with Crippen molar-refractivity contribution in [3.05, 3.63) is 33.7 Å². The largest absolute Gasteiger partial charge is 0.464 e. The highest BCUT2D eigenvalue weighted by Crippen LogP contribution is 2.19. The first-order chi connectivity index (χ1) is 10.3. The lowest BCUT2D eigenvalue weighted by atomic mass is 10.0. The zero-order valence-corrected chi connectivity index (χ0v) is 14.5. The predicted octanol–water partition coefficient (Wildman–Crippen LogP) is 2.37. The van der Waals surface area contributed by atoms with Crippen LogP contribution in [0, 0.1) is 12.8 Å². The Morgan fingerprint density at radius 1 is 1.36 bits per heavy atom. The average Bonchev–Trinajstić information content (AvgIpc) is 2.39. The molecule has 124 valence electrons. The van der Waals surface area contributed by atoms with Crippen LogP contribution in [-0.4, -0.2) is 36.1 Å². The number of carbonyl (C=O) groups excluding carboxylic acids is 1. The average molecular weight is 308 g/mol. The van der Waals surface area contributed by atoms with Crippen LogP contribution in [0.5, 0.6) is 0 Å². The predicted molar refractivity (Wildman–Crippen MR) is 88.0 cm³/mol.